The van der Waals surface area contributed by atoms with Crippen LogP contribution in [0.2, 0.25) is 5.15 Å². The Labute approximate surface area is 137 Å². The van der Waals surface area contributed by atoms with Gasteiger partial charge in [0.05, 0.1) is 0 Å². The first-order chi connectivity index (χ1) is 9.51. The predicted octanol–water partition coefficient (Wildman–Crippen LogP) is 2.31. The van der Waals surface area contributed by atoms with E-state index in [1.54, 1.807) is 0 Å². The first-order valence-corrected chi connectivity index (χ1v) is 8.73. The lowest BCUT2D eigenvalue weighted by atomic mass is 10.1. The molecule has 2 heterocycles. The third-order valence-corrected chi connectivity index (χ3v) is 5.19. The molecule has 0 amide bonds. The van der Waals surface area contributed by atoms with Gasteiger partial charge in [0, 0.05) is 12.2 Å². The number of halogens is 2. The normalized spacial score (nSPS) is 17.4. The number of nitrogens with zero attached hydrogens (tertiary/aromatic N) is 2. The molecule has 0 bridgehead atoms. The number of sulfonamides is 1. The van der Waals surface area contributed by atoms with E-state index in [2.05, 4.69) is 21.5 Å². The summed E-state index contributed by atoms with van der Waals surface area (Å²) in [6, 6.07) is 2.97. The van der Waals surface area contributed by atoms with Crippen molar-refractivity contribution >= 4 is 34.0 Å². The van der Waals surface area contributed by atoms with E-state index in [9.17, 15) is 8.42 Å². The zero-order valence-corrected chi connectivity index (χ0v) is 14.3. The van der Waals surface area contributed by atoms with E-state index in [0.29, 0.717) is 0 Å². The molecule has 1 aromatic heterocycles. The standard InChI is InChI=1S/C13H20ClN3O2S.ClH/c1-2-7-17-8-5-11(6-9-17)16-20(18,19)12-3-4-13(14)15-10-12;/h3-4,10-11,16H,2,5-9H2,1H3;1H. The molecule has 1 saturated heterocycles. The smallest absolute Gasteiger partial charge is 0.242 e. The summed E-state index contributed by atoms with van der Waals surface area (Å²) in [6.07, 6.45) is 4.12. The third kappa shape index (κ3) is 5.38. The highest BCUT2D eigenvalue weighted by Crippen LogP contribution is 2.15. The second kappa shape index (κ2) is 8.29. The molecule has 5 nitrogen and oxygen atoms in total. The van der Waals surface area contributed by atoms with Crippen molar-refractivity contribution in [3.63, 3.8) is 0 Å². The number of hydrogen-bond acceptors (Lipinski definition) is 4. The minimum atomic E-state index is -3.50. The summed E-state index contributed by atoms with van der Waals surface area (Å²) < 4.78 is 27.2. The third-order valence-electron chi connectivity index (χ3n) is 3.46. The Morgan fingerprint density at radius 1 is 1.38 bits per heavy atom. The van der Waals surface area contributed by atoms with Crippen LogP contribution in [0.5, 0.6) is 0 Å². The molecule has 0 unspecified atom stereocenters. The molecule has 0 saturated carbocycles. The number of pyridine rings is 1. The lowest BCUT2D eigenvalue weighted by Crippen LogP contribution is -2.44. The fourth-order valence-electron chi connectivity index (χ4n) is 2.40. The number of likely N-dealkylation sites (tertiary alicyclic amines) is 1. The van der Waals surface area contributed by atoms with Crippen LogP contribution in [0.1, 0.15) is 26.2 Å². The van der Waals surface area contributed by atoms with Gasteiger partial charge in [-0.15, -0.1) is 12.4 Å². The van der Waals surface area contributed by atoms with Crippen LogP contribution in [0.3, 0.4) is 0 Å². The zero-order valence-electron chi connectivity index (χ0n) is 12.0. The summed E-state index contributed by atoms with van der Waals surface area (Å²) in [6.45, 7) is 5.13. The highest BCUT2D eigenvalue weighted by atomic mass is 35.5. The van der Waals surface area contributed by atoms with E-state index in [0.717, 1.165) is 38.9 Å². The van der Waals surface area contributed by atoms with E-state index in [-0.39, 0.29) is 28.5 Å². The summed E-state index contributed by atoms with van der Waals surface area (Å²) in [7, 11) is -3.50. The molecule has 0 radical (unpaired) electrons. The first-order valence-electron chi connectivity index (χ1n) is 6.87. The molecule has 2 rings (SSSR count). The minimum absolute atomic E-state index is 0. The van der Waals surface area contributed by atoms with E-state index in [1.807, 2.05) is 0 Å². The van der Waals surface area contributed by atoms with Crippen molar-refractivity contribution in [1.82, 2.24) is 14.6 Å². The molecule has 0 atom stereocenters. The van der Waals surface area contributed by atoms with Crippen LogP contribution in [-0.4, -0.2) is 44.0 Å². The molecule has 0 aromatic carbocycles. The Morgan fingerprint density at radius 3 is 2.57 bits per heavy atom. The molecule has 120 valence electrons. The van der Waals surface area contributed by atoms with E-state index in [1.165, 1.54) is 18.3 Å². The van der Waals surface area contributed by atoms with Gasteiger partial charge < -0.3 is 4.90 Å². The summed E-state index contributed by atoms with van der Waals surface area (Å²) in [5.41, 5.74) is 0. The molecule has 1 fully saturated rings. The van der Waals surface area contributed by atoms with Gasteiger partial charge in [0.2, 0.25) is 10.0 Å². The lowest BCUT2D eigenvalue weighted by Gasteiger charge is -2.31. The van der Waals surface area contributed by atoms with Crippen molar-refractivity contribution in [2.45, 2.75) is 37.1 Å². The molecule has 1 N–H and O–H groups in total. The fraction of sp³-hybridized carbons (Fsp3) is 0.615. The number of hydrogen-bond donors (Lipinski definition) is 1. The average Bonchev–Trinajstić information content (AvgIpc) is 2.41. The van der Waals surface area contributed by atoms with Gasteiger partial charge in [0.1, 0.15) is 10.0 Å². The van der Waals surface area contributed by atoms with Crippen molar-refractivity contribution in [2.24, 2.45) is 0 Å². The highest BCUT2D eigenvalue weighted by Gasteiger charge is 2.24. The van der Waals surface area contributed by atoms with Gasteiger partial charge in [-0.2, -0.15) is 0 Å². The molecule has 1 aliphatic rings. The Hall–Kier alpha value is -0.400. The Morgan fingerprint density at radius 2 is 2.05 bits per heavy atom. The highest BCUT2D eigenvalue weighted by molar-refractivity contribution is 7.89. The predicted molar refractivity (Wildman–Crippen MR) is 86.6 cm³/mol. The van der Waals surface area contributed by atoms with Gasteiger partial charge in [0.25, 0.3) is 0 Å². The van der Waals surface area contributed by atoms with Crippen LogP contribution in [0.4, 0.5) is 0 Å². The Bertz CT molecular complexity index is 529. The monoisotopic (exact) mass is 353 g/mol. The summed E-state index contributed by atoms with van der Waals surface area (Å²) in [5.74, 6) is 0. The second-order valence-corrected chi connectivity index (χ2v) is 7.16. The molecule has 1 aromatic rings. The number of nitrogens with one attached hydrogen (secondary N) is 1. The van der Waals surface area contributed by atoms with Crippen LogP contribution in [0.15, 0.2) is 23.2 Å². The van der Waals surface area contributed by atoms with Crippen molar-refractivity contribution in [3.05, 3.63) is 23.5 Å². The van der Waals surface area contributed by atoms with Crippen molar-refractivity contribution in [3.8, 4) is 0 Å². The lowest BCUT2D eigenvalue weighted by molar-refractivity contribution is 0.208. The molecule has 21 heavy (non-hydrogen) atoms. The quantitative estimate of drug-likeness (QED) is 0.825. The molecular weight excluding hydrogens is 333 g/mol. The first kappa shape index (κ1) is 18.6. The fourth-order valence-corrected chi connectivity index (χ4v) is 3.76. The summed E-state index contributed by atoms with van der Waals surface area (Å²) in [4.78, 5) is 6.35. The summed E-state index contributed by atoms with van der Waals surface area (Å²) >= 11 is 5.67. The number of rotatable bonds is 5. The second-order valence-electron chi connectivity index (χ2n) is 5.05. The Balaban J connectivity index is 0.00000220. The topological polar surface area (TPSA) is 62.3 Å². The maximum absolute atomic E-state index is 12.2. The van der Waals surface area contributed by atoms with Crippen molar-refractivity contribution in [1.29, 1.82) is 0 Å². The van der Waals surface area contributed by atoms with Gasteiger partial charge in [-0.05, 0) is 51.0 Å². The van der Waals surface area contributed by atoms with Crippen LogP contribution >= 0.6 is 24.0 Å². The van der Waals surface area contributed by atoms with E-state index in [4.69, 9.17) is 11.6 Å². The largest absolute Gasteiger partial charge is 0.303 e. The van der Waals surface area contributed by atoms with Gasteiger partial charge in [-0.3, -0.25) is 0 Å². The molecule has 0 spiro atoms. The van der Waals surface area contributed by atoms with Gasteiger partial charge in [0.15, 0.2) is 0 Å². The molecule has 8 heteroatoms. The SMILES string of the molecule is CCCN1CCC(NS(=O)(=O)c2ccc(Cl)nc2)CC1.Cl. The Kier molecular flexibility index (Phi) is 7.36. The van der Waals surface area contributed by atoms with Crippen molar-refractivity contribution < 1.29 is 8.42 Å². The minimum Gasteiger partial charge on any atom is -0.303 e. The molecule has 0 aliphatic carbocycles. The van der Waals surface area contributed by atoms with Crippen molar-refractivity contribution in [2.75, 3.05) is 19.6 Å². The summed E-state index contributed by atoms with van der Waals surface area (Å²) in [5, 5.41) is 0.289. The van der Waals surface area contributed by atoms with E-state index >= 15 is 0 Å². The number of aromatic nitrogens is 1. The van der Waals surface area contributed by atoms with Gasteiger partial charge >= 0.3 is 0 Å². The average molecular weight is 354 g/mol. The van der Waals surface area contributed by atoms with Gasteiger partial charge in [-0.25, -0.2) is 18.1 Å². The van der Waals surface area contributed by atoms with Crippen LogP contribution in [0.25, 0.3) is 0 Å². The molecule has 1 aliphatic heterocycles. The van der Waals surface area contributed by atoms with Gasteiger partial charge in [-0.1, -0.05) is 18.5 Å². The maximum atomic E-state index is 12.2. The van der Waals surface area contributed by atoms with Crippen LogP contribution in [0, 0.1) is 0 Å². The van der Waals surface area contributed by atoms with Crippen LogP contribution in [-0.2, 0) is 10.0 Å². The van der Waals surface area contributed by atoms with Crippen LogP contribution < -0.4 is 4.72 Å². The molecular formula is C13H21Cl2N3O2S. The zero-order chi connectivity index (χ0) is 14.6. The van der Waals surface area contributed by atoms with E-state index < -0.39 is 10.0 Å². The maximum Gasteiger partial charge on any atom is 0.242 e. The number of piperidine rings is 1.